The number of carbonyl (C=O) groups excluding carboxylic acids is 3. The Labute approximate surface area is 169 Å². The molecule has 0 radical (unpaired) electrons. The number of ketones is 1. The average molecular weight is 402 g/mol. The molecule has 1 atom stereocenters. The Kier molecular flexibility index (Phi) is 17.8. The number of methoxy groups -OCH3 is 1. The molecule has 0 aliphatic rings. The van der Waals surface area contributed by atoms with Gasteiger partial charge in [0.15, 0.2) is 5.78 Å². The van der Waals surface area contributed by atoms with Gasteiger partial charge in [-0.05, 0) is 58.5 Å². The molecule has 8 heteroatoms. The number of aliphatic hydroxyl groups is 1. The van der Waals surface area contributed by atoms with Gasteiger partial charge in [-0.15, -0.1) is 0 Å². The van der Waals surface area contributed by atoms with Gasteiger partial charge < -0.3 is 25.8 Å². The summed E-state index contributed by atoms with van der Waals surface area (Å²) >= 11 is 0. The summed E-state index contributed by atoms with van der Waals surface area (Å²) in [6.07, 6.45) is 5.98. The number of aliphatic hydroxyl groups excluding tert-OH is 1. The van der Waals surface area contributed by atoms with Gasteiger partial charge in [-0.3, -0.25) is 14.4 Å². The summed E-state index contributed by atoms with van der Waals surface area (Å²) < 4.78 is 4.92. The average Bonchev–Trinajstić information content (AvgIpc) is 2.68. The molecule has 4 N–H and O–H groups in total. The van der Waals surface area contributed by atoms with Gasteiger partial charge in [0, 0.05) is 46.1 Å². The molecule has 0 aromatic rings. The number of carbonyl (C=O) groups is 3. The van der Waals surface area contributed by atoms with Crippen molar-refractivity contribution in [3.63, 3.8) is 0 Å². The van der Waals surface area contributed by atoms with E-state index in [1.807, 2.05) is 7.05 Å². The van der Waals surface area contributed by atoms with E-state index in [2.05, 4.69) is 16.0 Å². The molecule has 0 aromatic carbocycles. The van der Waals surface area contributed by atoms with Gasteiger partial charge in [0.2, 0.25) is 11.8 Å². The highest BCUT2D eigenvalue weighted by Gasteiger charge is 2.19. The third-order valence-corrected chi connectivity index (χ3v) is 4.38. The lowest BCUT2D eigenvalue weighted by molar-refractivity contribution is -0.128. The van der Waals surface area contributed by atoms with Crippen LogP contribution in [0.3, 0.4) is 0 Å². The van der Waals surface area contributed by atoms with Crippen LogP contribution in [0.2, 0.25) is 0 Å². The van der Waals surface area contributed by atoms with Crippen molar-refractivity contribution in [2.24, 2.45) is 0 Å². The van der Waals surface area contributed by atoms with Crippen molar-refractivity contribution in [3.05, 3.63) is 0 Å². The summed E-state index contributed by atoms with van der Waals surface area (Å²) in [4.78, 5) is 36.1. The van der Waals surface area contributed by atoms with Crippen molar-refractivity contribution >= 4 is 17.6 Å². The van der Waals surface area contributed by atoms with Gasteiger partial charge in [-0.2, -0.15) is 0 Å². The van der Waals surface area contributed by atoms with E-state index in [9.17, 15) is 14.4 Å². The molecule has 0 aliphatic carbocycles. The number of Topliss-reactive ketones (excluding diaryl/α,β-unsaturated/α-hetero) is 1. The van der Waals surface area contributed by atoms with E-state index < -0.39 is 6.04 Å². The summed E-state index contributed by atoms with van der Waals surface area (Å²) in [7, 11) is 3.49. The zero-order valence-electron chi connectivity index (χ0n) is 17.6. The predicted octanol–water partition coefficient (Wildman–Crippen LogP) is 0.916. The smallest absolute Gasteiger partial charge is 0.220 e. The van der Waals surface area contributed by atoms with Gasteiger partial charge in [-0.25, -0.2) is 0 Å². The van der Waals surface area contributed by atoms with Crippen LogP contribution < -0.4 is 16.0 Å². The fourth-order valence-corrected chi connectivity index (χ4v) is 2.76. The quantitative estimate of drug-likeness (QED) is 0.239. The fourth-order valence-electron chi connectivity index (χ4n) is 2.76. The van der Waals surface area contributed by atoms with Crippen LogP contribution in [0.4, 0.5) is 0 Å². The summed E-state index contributed by atoms with van der Waals surface area (Å²) in [5.41, 5.74) is 0. The first-order valence-electron chi connectivity index (χ1n) is 10.4. The van der Waals surface area contributed by atoms with Crippen LogP contribution in [0.1, 0.15) is 64.2 Å². The van der Waals surface area contributed by atoms with E-state index in [1.165, 1.54) is 0 Å². The largest absolute Gasteiger partial charge is 0.396 e. The lowest BCUT2D eigenvalue weighted by Crippen LogP contribution is -2.41. The molecule has 164 valence electrons. The number of rotatable bonds is 19. The maximum atomic E-state index is 12.5. The lowest BCUT2D eigenvalue weighted by Gasteiger charge is -2.18. The molecule has 0 aliphatic heterocycles. The van der Waals surface area contributed by atoms with E-state index in [0.717, 1.165) is 32.2 Å². The molecule has 0 saturated heterocycles. The van der Waals surface area contributed by atoms with Gasteiger partial charge >= 0.3 is 0 Å². The molecule has 0 rings (SSSR count). The monoisotopic (exact) mass is 401 g/mol. The Hall–Kier alpha value is -1.51. The Morgan fingerprint density at radius 1 is 0.893 bits per heavy atom. The van der Waals surface area contributed by atoms with E-state index in [-0.39, 0.29) is 30.6 Å². The summed E-state index contributed by atoms with van der Waals surface area (Å²) in [6.45, 7) is 1.96. The highest BCUT2D eigenvalue weighted by Crippen LogP contribution is 2.08. The van der Waals surface area contributed by atoms with Gasteiger partial charge in [0.25, 0.3) is 0 Å². The van der Waals surface area contributed by atoms with Crippen LogP contribution in [0.5, 0.6) is 0 Å². The molecule has 0 fully saturated rings. The summed E-state index contributed by atoms with van der Waals surface area (Å²) in [6, 6.07) is -0.488. The Morgan fingerprint density at radius 3 is 2.29 bits per heavy atom. The summed E-state index contributed by atoms with van der Waals surface area (Å²) in [5, 5.41) is 17.6. The van der Waals surface area contributed by atoms with Crippen molar-refractivity contribution in [2.75, 3.05) is 40.5 Å². The fraction of sp³-hybridized carbons (Fsp3) is 0.850. The predicted molar refractivity (Wildman–Crippen MR) is 109 cm³/mol. The molecule has 8 nitrogen and oxygen atoms in total. The minimum Gasteiger partial charge on any atom is -0.396 e. The van der Waals surface area contributed by atoms with Crippen LogP contribution in [-0.4, -0.2) is 69.2 Å². The molecule has 1 unspecified atom stereocenters. The first-order valence-corrected chi connectivity index (χ1v) is 10.4. The second kappa shape index (κ2) is 18.8. The highest BCUT2D eigenvalue weighted by atomic mass is 16.5. The van der Waals surface area contributed by atoms with Crippen molar-refractivity contribution in [1.82, 2.24) is 16.0 Å². The van der Waals surface area contributed by atoms with Crippen molar-refractivity contribution < 1.29 is 24.2 Å². The van der Waals surface area contributed by atoms with Crippen LogP contribution in [0, 0.1) is 0 Å². The van der Waals surface area contributed by atoms with Crippen molar-refractivity contribution in [2.45, 2.75) is 70.3 Å². The third kappa shape index (κ3) is 15.5. The van der Waals surface area contributed by atoms with Crippen LogP contribution in [-0.2, 0) is 19.1 Å². The normalized spacial score (nSPS) is 11.8. The van der Waals surface area contributed by atoms with E-state index >= 15 is 0 Å². The van der Waals surface area contributed by atoms with E-state index in [4.69, 9.17) is 9.84 Å². The number of ether oxygens (including phenoxy) is 1. The van der Waals surface area contributed by atoms with Gasteiger partial charge in [0.1, 0.15) is 0 Å². The van der Waals surface area contributed by atoms with Crippen LogP contribution in [0.25, 0.3) is 0 Å². The topological polar surface area (TPSA) is 117 Å². The third-order valence-electron chi connectivity index (χ3n) is 4.38. The molecular formula is C20H39N3O5. The molecule has 28 heavy (non-hydrogen) atoms. The second-order valence-corrected chi connectivity index (χ2v) is 6.92. The van der Waals surface area contributed by atoms with Crippen LogP contribution >= 0.6 is 0 Å². The van der Waals surface area contributed by atoms with Gasteiger partial charge in [-0.1, -0.05) is 0 Å². The number of hydrogen-bond acceptors (Lipinski definition) is 6. The maximum Gasteiger partial charge on any atom is 0.220 e. The minimum absolute atomic E-state index is 0.00603. The molecule has 0 saturated carbocycles. The zero-order valence-corrected chi connectivity index (χ0v) is 17.6. The SMILES string of the molecule is CNCCCCC(=O)C(CCCCNC(=O)CCCOC)NC(=O)CCCO. The second-order valence-electron chi connectivity index (χ2n) is 6.92. The number of unbranched alkanes of at least 4 members (excludes halogenated alkanes) is 2. The molecular weight excluding hydrogens is 362 g/mol. The highest BCUT2D eigenvalue weighted by molar-refractivity contribution is 5.89. The molecule has 0 bridgehead atoms. The summed E-state index contributed by atoms with van der Waals surface area (Å²) in [5.74, 6) is -0.141. The van der Waals surface area contributed by atoms with Crippen LogP contribution in [0.15, 0.2) is 0 Å². The van der Waals surface area contributed by atoms with E-state index in [0.29, 0.717) is 45.3 Å². The van der Waals surface area contributed by atoms with Crippen molar-refractivity contribution in [1.29, 1.82) is 0 Å². The zero-order chi connectivity index (χ0) is 21.0. The van der Waals surface area contributed by atoms with E-state index in [1.54, 1.807) is 7.11 Å². The number of nitrogens with one attached hydrogen (secondary N) is 3. The first kappa shape index (κ1) is 26.5. The number of hydrogen-bond donors (Lipinski definition) is 4. The lowest BCUT2D eigenvalue weighted by atomic mass is 10.0. The Morgan fingerprint density at radius 2 is 1.61 bits per heavy atom. The standard InChI is InChI=1S/C20H39N3O5/c1-21-13-5-4-10-18(25)17(23-20(27)11-7-15-24)9-3-6-14-22-19(26)12-8-16-28-2/h17,21,24H,3-16H2,1-2H3,(H,22,26)(H,23,27). The Balaban J connectivity index is 4.22. The maximum absolute atomic E-state index is 12.5. The molecule has 0 spiro atoms. The van der Waals surface area contributed by atoms with Crippen molar-refractivity contribution in [3.8, 4) is 0 Å². The van der Waals surface area contributed by atoms with Gasteiger partial charge in [0.05, 0.1) is 6.04 Å². The Bertz CT molecular complexity index is 432. The molecule has 0 heterocycles. The first-order chi connectivity index (χ1) is 13.5. The molecule has 0 aromatic heterocycles. The number of amides is 2. The molecule has 2 amide bonds. The minimum atomic E-state index is -0.488.